The average Bonchev–Trinajstić information content (AvgIpc) is 2.70. The number of pyridine rings is 1. The summed E-state index contributed by atoms with van der Waals surface area (Å²) in [6.07, 6.45) is 2.48. The number of halogens is 1. The second kappa shape index (κ2) is 8.99. The van der Waals surface area contributed by atoms with Crippen molar-refractivity contribution in [2.24, 2.45) is 0 Å². The van der Waals surface area contributed by atoms with Gasteiger partial charge in [-0.2, -0.15) is 0 Å². The van der Waals surface area contributed by atoms with Gasteiger partial charge in [0.25, 0.3) is 5.56 Å². The lowest BCUT2D eigenvalue weighted by Gasteiger charge is -2.20. The van der Waals surface area contributed by atoms with Crippen LogP contribution in [-0.2, 0) is 4.74 Å². The molecule has 6 nitrogen and oxygen atoms in total. The molecule has 0 saturated carbocycles. The minimum atomic E-state index is -0.132. The van der Waals surface area contributed by atoms with Crippen LogP contribution in [0.4, 0.5) is 5.82 Å². The van der Waals surface area contributed by atoms with E-state index in [1.165, 1.54) is 0 Å². The van der Waals surface area contributed by atoms with Crippen molar-refractivity contribution in [2.45, 2.75) is 26.3 Å². The Morgan fingerprint density at radius 1 is 1.18 bits per heavy atom. The summed E-state index contributed by atoms with van der Waals surface area (Å²) in [6, 6.07) is 11.5. The number of H-pyrrole nitrogens is 1. The van der Waals surface area contributed by atoms with Gasteiger partial charge in [0.2, 0.25) is 0 Å². The number of benzene rings is 1. The van der Waals surface area contributed by atoms with Crippen molar-refractivity contribution < 1.29 is 4.74 Å². The first-order valence-corrected chi connectivity index (χ1v) is 9.40. The van der Waals surface area contributed by atoms with Crippen molar-refractivity contribution in [1.29, 1.82) is 0 Å². The number of rotatable bonds is 7. The van der Waals surface area contributed by atoms with Crippen molar-refractivity contribution in [3.05, 3.63) is 74.8 Å². The highest BCUT2D eigenvalue weighted by molar-refractivity contribution is 6.30. The molecular weight excluding hydrogens is 376 g/mol. The van der Waals surface area contributed by atoms with E-state index in [0.717, 1.165) is 23.4 Å². The first-order chi connectivity index (χ1) is 13.5. The summed E-state index contributed by atoms with van der Waals surface area (Å²) in [5, 5.41) is 4.13. The van der Waals surface area contributed by atoms with E-state index in [2.05, 4.69) is 20.3 Å². The molecule has 146 valence electrons. The number of aryl methyl sites for hydroxylation is 1. The van der Waals surface area contributed by atoms with Crippen LogP contribution < -0.4 is 10.9 Å². The molecule has 3 aromatic rings. The molecule has 0 saturated heterocycles. The van der Waals surface area contributed by atoms with Crippen molar-refractivity contribution in [2.75, 3.05) is 19.0 Å². The standard InChI is InChI=1S/C21H23ClN4O2/c1-13-14(2)24-20(26-21(13)27)16-6-9-19(23-12-16)25-18(10-11-28-3)15-4-7-17(22)8-5-15/h4-9,12,18H,10-11H2,1-3H3,(H,23,25)(H,24,26,27). The second-order valence-electron chi connectivity index (χ2n) is 6.59. The van der Waals surface area contributed by atoms with Crippen LogP contribution in [0.1, 0.15) is 29.3 Å². The fourth-order valence-corrected chi connectivity index (χ4v) is 2.96. The topological polar surface area (TPSA) is 79.9 Å². The zero-order chi connectivity index (χ0) is 20.1. The number of anilines is 1. The molecular formula is C21H23ClN4O2. The molecule has 1 unspecified atom stereocenters. The Labute approximate surface area is 169 Å². The quantitative estimate of drug-likeness (QED) is 0.620. The van der Waals surface area contributed by atoms with Crippen LogP contribution in [0.5, 0.6) is 0 Å². The Kier molecular flexibility index (Phi) is 6.44. The molecule has 2 aromatic heterocycles. The van der Waals surface area contributed by atoms with Gasteiger partial charge in [-0.1, -0.05) is 23.7 Å². The van der Waals surface area contributed by atoms with Gasteiger partial charge in [-0.25, -0.2) is 9.97 Å². The molecule has 0 bridgehead atoms. The maximum absolute atomic E-state index is 12.0. The number of nitrogens with one attached hydrogen (secondary N) is 2. The first-order valence-electron chi connectivity index (χ1n) is 9.03. The van der Waals surface area contributed by atoms with Gasteiger partial charge in [-0.05, 0) is 50.1 Å². The smallest absolute Gasteiger partial charge is 0.254 e. The van der Waals surface area contributed by atoms with Crippen LogP contribution in [0.25, 0.3) is 11.4 Å². The highest BCUT2D eigenvalue weighted by Gasteiger charge is 2.13. The summed E-state index contributed by atoms with van der Waals surface area (Å²) in [6.45, 7) is 4.20. The normalized spacial score (nSPS) is 12.0. The van der Waals surface area contributed by atoms with Crippen LogP contribution in [0.3, 0.4) is 0 Å². The zero-order valence-corrected chi connectivity index (χ0v) is 16.9. The fraction of sp³-hybridized carbons (Fsp3) is 0.286. The molecule has 0 radical (unpaired) electrons. The molecule has 3 rings (SSSR count). The molecule has 0 aliphatic carbocycles. The van der Waals surface area contributed by atoms with Gasteiger partial charge in [-0.3, -0.25) is 4.79 Å². The van der Waals surface area contributed by atoms with Gasteiger partial charge in [0.05, 0.1) is 6.04 Å². The van der Waals surface area contributed by atoms with E-state index in [1.807, 2.05) is 43.3 Å². The molecule has 0 aliphatic heterocycles. The maximum atomic E-state index is 12.0. The van der Waals surface area contributed by atoms with Gasteiger partial charge < -0.3 is 15.0 Å². The van der Waals surface area contributed by atoms with Gasteiger partial charge in [0, 0.05) is 41.8 Å². The summed E-state index contributed by atoms with van der Waals surface area (Å²) < 4.78 is 5.24. The molecule has 2 heterocycles. The highest BCUT2D eigenvalue weighted by Crippen LogP contribution is 2.24. The van der Waals surface area contributed by atoms with Crippen LogP contribution in [0.2, 0.25) is 5.02 Å². The molecule has 0 spiro atoms. The van der Waals surface area contributed by atoms with Crippen molar-refractivity contribution >= 4 is 17.4 Å². The molecule has 0 amide bonds. The lowest BCUT2D eigenvalue weighted by Crippen LogP contribution is -2.15. The monoisotopic (exact) mass is 398 g/mol. The van der Waals surface area contributed by atoms with Gasteiger partial charge >= 0.3 is 0 Å². The number of aromatic amines is 1. The fourth-order valence-electron chi connectivity index (χ4n) is 2.83. The van der Waals surface area contributed by atoms with E-state index in [4.69, 9.17) is 16.3 Å². The maximum Gasteiger partial charge on any atom is 0.254 e. The lowest BCUT2D eigenvalue weighted by molar-refractivity contribution is 0.190. The Bertz CT molecular complexity index is 985. The van der Waals surface area contributed by atoms with Crippen molar-refractivity contribution in [3.8, 4) is 11.4 Å². The highest BCUT2D eigenvalue weighted by atomic mass is 35.5. The van der Waals surface area contributed by atoms with Crippen molar-refractivity contribution in [3.63, 3.8) is 0 Å². The third-order valence-corrected chi connectivity index (χ3v) is 4.89. The van der Waals surface area contributed by atoms with E-state index >= 15 is 0 Å². The number of ether oxygens (including phenoxy) is 1. The summed E-state index contributed by atoms with van der Waals surface area (Å²) in [4.78, 5) is 23.7. The SMILES string of the molecule is COCCC(Nc1ccc(-c2nc(C)c(C)c(=O)[nH]2)cn1)c1ccc(Cl)cc1. The van der Waals surface area contributed by atoms with Crippen LogP contribution in [0.15, 0.2) is 47.4 Å². The zero-order valence-electron chi connectivity index (χ0n) is 16.1. The van der Waals surface area contributed by atoms with Gasteiger partial charge in [0.15, 0.2) is 0 Å². The largest absolute Gasteiger partial charge is 0.385 e. The number of hydrogen-bond donors (Lipinski definition) is 2. The predicted octanol–water partition coefficient (Wildman–Crippen LogP) is 4.29. The van der Waals surface area contributed by atoms with Gasteiger partial charge in [0.1, 0.15) is 11.6 Å². The van der Waals surface area contributed by atoms with Crippen molar-refractivity contribution in [1.82, 2.24) is 15.0 Å². The molecule has 1 aromatic carbocycles. The van der Waals surface area contributed by atoms with Crippen LogP contribution in [0, 0.1) is 13.8 Å². The Balaban J connectivity index is 1.81. The molecule has 28 heavy (non-hydrogen) atoms. The molecule has 7 heteroatoms. The number of nitrogens with zero attached hydrogens (tertiary/aromatic N) is 2. The van der Waals surface area contributed by atoms with E-state index in [0.29, 0.717) is 28.7 Å². The minimum absolute atomic E-state index is 0.0371. The molecule has 1 atom stereocenters. The molecule has 0 fully saturated rings. The summed E-state index contributed by atoms with van der Waals surface area (Å²) in [5.74, 6) is 1.24. The van der Waals surface area contributed by atoms with E-state index in [-0.39, 0.29) is 11.6 Å². The third-order valence-electron chi connectivity index (χ3n) is 4.64. The predicted molar refractivity (Wildman–Crippen MR) is 112 cm³/mol. The van der Waals surface area contributed by atoms with Crippen LogP contribution in [-0.4, -0.2) is 28.7 Å². The van der Waals surface area contributed by atoms with Crippen LogP contribution >= 0.6 is 11.6 Å². The summed E-state index contributed by atoms with van der Waals surface area (Å²) in [5.41, 5.74) is 3.06. The number of hydrogen-bond acceptors (Lipinski definition) is 5. The summed E-state index contributed by atoms with van der Waals surface area (Å²) >= 11 is 6.00. The second-order valence-corrected chi connectivity index (χ2v) is 7.02. The van der Waals surface area contributed by atoms with Gasteiger partial charge in [-0.15, -0.1) is 0 Å². The lowest BCUT2D eigenvalue weighted by atomic mass is 10.0. The first kappa shape index (κ1) is 20.0. The Hall–Kier alpha value is -2.70. The summed E-state index contributed by atoms with van der Waals surface area (Å²) in [7, 11) is 1.68. The number of methoxy groups -OCH3 is 1. The minimum Gasteiger partial charge on any atom is -0.385 e. The third kappa shape index (κ3) is 4.77. The molecule has 0 aliphatic rings. The van der Waals surface area contributed by atoms with E-state index in [1.54, 1.807) is 20.2 Å². The average molecular weight is 399 g/mol. The Morgan fingerprint density at radius 3 is 2.54 bits per heavy atom. The Morgan fingerprint density at radius 2 is 1.93 bits per heavy atom. The van der Waals surface area contributed by atoms with E-state index in [9.17, 15) is 4.79 Å². The number of aromatic nitrogens is 3. The van der Waals surface area contributed by atoms with E-state index < -0.39 is 0 Å². The molecule has 2 N–H and O–H groups in total.